The van der Waals surface area contributed by atoms with Crippen LogP contribution in [0.25, 0.3) is 11.3 Å². The van der Waals surface area contributed by atoms with Crippen molar-refractivity contribution in [2.45, 2.75) is 24.7 Å². The molecule has 30 heavy (non-hydrogen) atoms. The minimum absolute atomic E-state index is 0.159. The second-order valence-electron chi connectivity index (χ2n) is 6.52. The molecule has 2 aromatic carbocycles. The van der Waals surface area contributed by atoms with Crippen LogP contribution >= 0.6 is 0 Å². The number of aromatic nitrogens is 2. The fraction of sp³-hybridized carbons (Fsp3) is 0.238. The van der Waals surface area contributed by atoms with Gasteiger partial charge in [-0.1, -0.05) is 25.5 Å². The van der Waals surface area contributed by atoms with E-state index < -0.39 is 10.0 Å². The number of benzene rings is 2. The molecule has 1 aromatic heterocycles. The Morgan fingerprint density at radius 1 is 1.10 bits per heavy atom. The zero-order chi connectivity index (χ0) is 21.6. The summed E-state index contributed by atoms with van der Waals surface area (Å²) in [6, 6.07) is 12.2. The maximum atomic E-state index is 12.5. The Kier molecular flexibility index (Phi) is 6.73. The number of aryl methyl sites for hydroxylation is 1. The lowest BCUT2D eigenvalue weighted by Gasteiger charge is -2.09. The van der Waals surface area contributed by atoms with E-state index in [1.165, 1.54) is 6.21 Å². The normalized spacial score (nSPS) is 11.6. The number of hydrogen-bond acceptors (Lipinski definition) is 6. The Hall–Kier alpha value is -3.33. The first-order valence-corrected chi connectivity index (χ1v) is 10.9. The van der Waals surface area contributed by atoms with E-state index in [2.05, 4.69) is 27.1 Å². The molecular formula is C21H24N4O4S. The van der Waals surface area contributed by atoms with E-state index in [9.17, 15) is 8.42 Å². The third-order valence-electron chi connectivity index (χ3n) is 4.49. The van der Waals surface area contributed by atoms with Crippen LogP contribution in [0, 0.1) is 0 Å². The first-order valence-electron chi connectivity index (χ1n) is 9.38. The van der Waals surface area contributed by atoms with E-state index in [1.54, 1.807) is 44.7 Å². The average Bonchev–Trinajstić information content (AvgIpc) is 3.22. The first-order chi connectivity index (χ1) is 14.5. The summed E-state index contributed by atoms with van der Waals surface area (Å²) in [6.45, 7) is 2.08. The van der Waals surface area contributed by atoms with E-state index >= 15 is 0 Å². The Morgan fingerprint density at radius 2 is 1.83 bits per heavy atom. The van der Waals surface area contributed by atoms with Gasteiger partial charge in [0.25, 0.3) is 10.0 Å². The summed E-state index contributed by atoms with van der Waals surface area (Å²) in [5.41, 5.74) is 3.17. The molecule has 0 atom stereocenters. The molecule has 0 radical (unpaired) electrons. The molecule has 9 heteroatoms. The average molecular weight is 429 g/mol. The largest absolute Gasteiger partial charge is 0.493 e. The SMILES string of the molecule is CCCc1ccc(S(=O)(=O)NN=Cc2cn[nH]c2-c2ccc(OC)c(OC)c2)cc1. The van der Waals surface area contributed by atoms with Crippen molar-refractivity contribution in [1.82, 2.24) is 15.0 Å². The molecule has 8 nitrogen and oxygen atoms in total. The van der Waals surface area contributed by atoms with Crippen molar-refractivity contribution in [3.05, 3.63) is 59.8 Å². The zero-order valence-electron chi connectivity index (χ0n) is 17.0. The molecule has 158 valence electrons. The highest BCUT2D eigenvalue weighted by molar-refractivity contribution is 7.89. The van der Waals surface area contributed by atoms with Crippen molar-refractivity contribution in [3.63, 3.8) is 0 Å². The van der Waals surface area contributed by atoms with E-state index in [0.717, 1.165) is 24.0 Å². The quantitative estimate of drug-likeness (QED) is 0.402. The summed E-state index contributed by atoms with van der Waals surface area (Å²) in [6.07, 6.45) is 4.87. The summed E-state index contributed by atoms with van der Waals surface area (Å²) >= 11 is 0. The maximum absolute atomic E-state index is 12.5. The van der Waals surface area contributed by atoms with Gasteiger partial charge in [-0.2, -0.15) is 18.6 Å². The van der Waals surface area contributed by atoms with Crippen molar-refractivity contribution in [2.24, 2.45) is 5.10 Å². The first kappa shape index (κ1) is 21.4. The number of sulfonamides is 1. The van der Waals surface area contributed by atoms with Crippen LogP contribution in [0.1, 0.15) is 24.5 Å². The van der Waals surface area contributed by atoms with Crippen molar-refractivity contribution in [2.75, 3.05) is 14.2 Å². The van der Waals surface area contributed by atoms with Crippen LogP contribution in [0.3, 0.4) is 0 Å². The number of ether oxygens (including phenoxy) is 2. The van der Waals surface area contributed by atoms with E-state index in [0.29, 0.717) is 22.8 Å². The molecule has 1 heterocycles. The molecule has 0 saturated heterocycles. The van der Waals surface area contributed by atoms with Gasteiger partial charge in [-0.05, 0) is 42.3 Å². The Balaban J connectivity index is 1.77. The molecule has 0 aliphatic heterocycles. The van der Waals surface area contributed by atoms with Gasteiger partial charge >= 0.3 is 0 Å². The van der Waals surface area contributed by atoms with Gasteiger partial charge in [0.1, 0.15) is 0 Å². The Morgan fingerprint density at radius 3 is 2.50 bits per heavy atom. The maximum Gasteiger partial charge on any atom is 0.276 e. The molecule has 2 N–H and O–H groups in total. The molecule has 0 bridgehead atoms. The smallest absolute Gasteiger partial charge is 0.276 e. The number of methoxy groups -OCH3 is 2. The van der Waals surface area contributed by atoms with E-state index in [-0.39, 0.29) is 4.90 Å². The summed E-state index contributed by atoms with van der Waals surface area (Å²) < 4.78 is 35.5. The number of rotatable bonds is 9. The number of hydrazone groups is 1. The number of hydrogen-bond donors (Lipinski definition) is 2. The minimum Gasteiger partial charge on any atom is -0.493 e. The molecule has 0 aliphatic carbocycles. The second-order valence-corrected chi connectivity index (χ2v) is 8.18. The van der Waals surface area contributed by atoms with Crippen LogP contribution in [-0.4, -0.2) is 39.0 Å². The number of nitrogens with zero attached hydrogens (tertiary/aromatic N) is 2. The van der Waals surface area contributed by atoms with Gasteiger partial charge in [-0.15, -0.1) is 0 Å². The molecule has 0 amide bonds. The van der Waals surface area contributed by atoms with Gasteiger partial charge < -0.3 is 9.47 Å². The van der Waals surface area contributed by atoms with Crippen LogP contribution in [0.2, 0.25) is 0 Å². The van der Waals surface area contributed by atoms with Gasteiger partial charge in [0, 0.05) is 11.1 Å². The van der Waals surface area contributed by atoms with Crippen LogP contribution in [0.5, 0.6) is 11.5 Å². The molecule has 3 aromatic rings. The fourth-order valence-corrected chi connectivity index (χ4v) is 3.75. The second kappa shape index (κ2) is 9.45. The molecule has 0 fully saturated rings. The van der Waals surface area contributed by atoms with Crippen LogP contribution in [-0.2, 0) is 16.4 Å². The lowest BCUT2D eigenvalue weighted by Crippen LogP contribution is -2.18. The third kappa shape index (κ3) is 4.80. The molecular weight excluding hydrogens is 404 g/mol. The van der Waals surface area contributed by atoms with E-state index in [1.807, 2.05) is 18.2 Å². The molecule has 3 rings (SSSR count). The molecule has 0 aliphatic rings. The molecule has 0 unspecified atom stereocenters. The standard InChI is InChI=1S/C21H24N4O4S/c1-4-5-15-6-9-18(10-7-15)30(26,27)25-23-14-17-13-22-24-21(17)16-8-11-19(28-2)20(12-16)29-3/h6-14,25H,4-5H2,1-3H3,(H,22,24). The topological polar surface area (TPSA) is 106 Å². The molecule has 0 spiro atoms. The summed E-state index contributed by atoms with van der Waals surface area (Å²) in [4.78, 5) is 2.40. The van der Waals surface area contributed by atoms with Crippen molar-refractivity contribution >= 4 is 16.2 Å². The number of aromatic amines is 1. The Bertz CT molecular complexity index is 1120. The monoisotopic (exact) mass is 428 g/mol. The Labute approximate surface area is 176 Å². The van der Waals surface area contributed by atoms with E-state index in [4.69, 9.17) is 9.47 Å². The highest BCUT2D eigenvalue weighted by Gasteiger charge is 2.13. The van der Waals surface area contributed by atoms with Crippen molar-refractivity contribution in [1.29, 1.82) is 0 Å². The number of H-pyrrole nitrogens is 1. The number of nitrogens with one attached hydrogen (secondary N) is 2. The summed E-state index contributed by atoms with van der Waals surface area (Å²) in [7, 11) is -0.637. The third-order valence-corrected chi connectivity index (χ3v) is 5.73. The lowest BCUT2D eigenvalue weighted by atomic mass is 10.1. The molecule has 0 saturated carbocycles. The van der Waals surface area contributed by atoms with Gasteiger partial charge in [0.05, 0.1) is 37.2 Å². The van der Waals surface area contributed by atoms with Gasteiger partial charge in [-0.25, -0.2) is 4.83 Å². The van der Waals surface area contributed by atoms with Crippen LogP contribution < -0.4 is 14.3 Å². The summed E-state index contributed by atoms with van der Waals surface area (Å²) in [5, 5.41) is 10.8. The zero-order valence-corrected chi connectivity index (χ0v) is 17.9. The highest BCUT2D eigenvalue weighted by Crippen LogP contribution is 2.32. The van der Waals surface area contributed by atoms with Gasteiger partial charge in [0.2, 0.25) is 0 Å². The highest BCUT2D eigenvalue weighted by atomic mass is 32.2. The fourth-order valence-electron chi connectivity index (χ4n) is 2.96. The minimum atomic E-state index is -3.76. The van der Waals surface area contributed by atoms with Crippen molar-refractivity contribution < 1.29 is 17.9 Å². The van der Waals surface area contributed by atoms with Gasteiger partial charge in [-0.3, -0.25) is 5.10 Å². The van der Waals surface area contributed by atoms with Crippen molar-refractivity contribution in [3.8, 4) is 22.8 Å². The summed E-state index contributed by atoms with van der Waals surface area (Å²) in [5.74, 6) is 1.17. The predicted molar refractivity (Wildman–Crippen MR) is 115 cm³/mol. The van der Waals surface area contributed by atoms with Crippen LogP contribution in [0.4, 0.5) is 0 Å². The lowest BCUT2D eigenvalue weighted by molar-refractivity contribution is 0.355. The predicted octanol–water partition coefficient (Wildman–Crippen LogP) is 3.36. The van der Waals surface area contributed by atoms with Crippen LogP contribution in [0.15, 0.2) is 58.7 Å². The van der Waals surface area contributed by atoms with Gasteiger partial charge in [0.15, 0.2) is 11.5 Å².